The Balaban J connectivity index is 4.68. The molecule has 0 aromatic carbocycles. The van der Waals surface area contributed by atoms with Gasteiger partial charge in [0.05, 0.1) is 0 Å². The van der Waals surface area contributed by atoms with Crippen LogP contribution < -0.4 is 0 Å². The Morgan fingerprint density at radius 2 is 1.23 bits per heavy atom. The van der Waals surface area contributed by atoms with Gasteiger partial charge in [-0.2, -0.15) is 16.8 Å². The van der Waals surface area contributed by atoms with E-state index < -0.39 is 31.7 Å². The molecule has 7 heteroatoms. The molecule has 0 aliphatic carbocycles. The summed E-state index contributed by atoms with van der Waals surface area (Å²) in [5, 5.41) is 0. The van der Waals surface area contributed by atoms with E-state index in [1.165, 1.54) is 0 Å². The van der Waals surface area contributed by atoms with Gasteiger partial charge in [0.1, 0.15) is 11.5 Å². The van der Waals surface area contributed by atoms with E-state index >= 15 is 0 Å². The molecule has 0 saturated carbocycles. The zero-order valence-electron chi connectivity index (χ0n) is 6.43. The van der Waals surface area contributed by atoms with Crippen molar-refractivity contribution >= 4 is 20.2 Å². The van der Waals surface area contributed by atoms with Crippen molar-refractivity contribution in [2.45, 2.75) is 0 Å². The van der Waals surface area contributed by atoms with Crippen LogP contribution in [-0.4, -0.2) is 28.3 Å². The van der Waals surface area contributed by atoms with Gasteiger partial charge in [-0.05, 0) is 0 Å². The molecule has 0 amide bonds. The van der Waals surface area contributed by atoms with Crippen molar-refractivity contribution in [1.29, 1.82) is 0 Å². The first kappa shape index (κ1) is 12.0. The van der Waals surface area contributed by atoms with Crippen LogP contribution in [0.2, 0.25) is 0 Å². The van der Waals surface area contributed by atoms with Crippen LogP contribution in [0.25, 0.3) is 0 Å². The van der Waals surface area contributed by atoms with Crippen molar-refractivity contribution in [3.05, 3.63) is 0 Å². The lowest BCUT2D eigenvalue weighted by Gasteiger charge is -1.99. The van der Waals surface area contributed by atoms with Gasteiger partial charge in [0, 0.05) is 0 Å². The molecule has 0 radical (unpaired) electrons. The molecule has 0 spiro atoms. The summed E-state index contributed by atoms with van der Waals surface area (Å²) in [5.74, 6) is 1.87. The maximum absolute atomic E-state index is 10.7. The lowest BCUT2D eigenvalue weighted by atomic mass is 10.8. The summed E-state index contributed by atoms with van der Waals surface area (Å²) in [5.41, 5.74) is 0. The normalized spacial score (nSPS) is 11.5. The lowest BCUT2D eigenvalue weighted by molar-refractivity contribution is 0.467. The van der Waals surface area contributed by atoms with Gasteiger partial charge in [0.2, 0.25) is 0 Å². The van der Waals surface area contributed by atoms with E-state index in [0.717, 1.165) is 0 Å². The molecule has 0 unspecified atom stereocenters. The van der Waals surface area contributed by atoms with Crippen molar-refractivity contribution in [3.8, 4) is 24.7 Å². The highest BCUT2D eigenvalue weighted by Gasteiger charge is 2.20. The molecule has 0 aromatic heterocycles. The van der Waals surface area contributed by atoms with E-state index in [4.69, 9.17) is 0 Å². The molecule has 13 heavy (non-hydrogen) atoms. The lowest BCUT2D eigenvalue weighted by Crippen LogP contribution is -2.17. The van der Waals surface area contributed by atoms with Gasteiger partial charge in [-0.15, -0.1) is 16.5 Å². The molecular weight excluding hydrogens is 216 g/mol. The van der Waals surface area contributed by atoms with Crippen molar-refractivity contribution in [1.82, 2.24) is 0 Å². The van der Waals surface area contributed by atoms with E-state index in [9.17, 15) is 16.8 Å². The summed E-state index contributed by atoms with van der Waals surface area (Å²) >= 11 is 0. The Hall–Kier alpha value is -1.02. The monoisotopic (exact) mass is 222 g/mol. The summed E-state index contributed by atoms with van der Waals surface area (Å²) < 4.78 is 46.6. The summed E-state index contributed by atoms with van der Waals surface area (Å²) in [6, 6.07) is 0. The molecule has 0 bridgehead atoms. The predicted octanol–water partition coefficient (Wildman–Crippen LogP) is -1.07. The Morgan fingerprint density at radius 3 is 1.46 bits per heavy atom. The minimum atomic E-state index is -4.23. The largest absolute Gasteiger partial charge is 0.293 e. The fourth-order valence-corrected chi connectivity index (χ4v) is 2.47. The van der Waals surface area contributed by atoms with Gasteiger partial charge < -0.3 is 0 Å². The minimum Gasteiger partial charge on any atom is -0.197 e. The van der Waals surface area contributed by atoms with Crippen LogP contribution in [0.3, 0.4) is 0 Å². The standard InChI is InChI=1S/C6H6O5S2/c1-3-5-12(7,8)11-13(9,10)6-4-2/h1-2H,5-6H2. The Labute approximate surface area is 77.3 Å². The van der Waals surface area contributed by atoms with E-state index in [-0.39, 0.29) is 0 Å². The third kappa shape index (κ3) is 5.26. The molecule has 0 aliphatic heterocycles. The summed E-state index contributed by atoms with van der Waals surface area (Å²) in [6.07, 6.45) is 9.33. The third-order valence-corrected chi connectivity index (χ3v) is 3.43. The fraction of sp³-hybridized carbons (Fsp3) is 0.333. The van der Waals surface area contributed by atoms with E-state index in [1.807, 2.05) is 0 Å². The van der Waals surface area contributed by atoms with Crippen LogP contribution in [0.1, 0.15) is 0 Å². The van der Waals surface area contributed by atoms with Crippen LogP contribution in [0.15, 0.2) is 0 Å². The first-order valence-electron chi connectivity index (χ1n) is 2.86. The van der Waals surface area contributed by atoms with Gasteiger partial charge >= 0.3 is 0 Å². The fourth-order valence-electron chi connectivity index (χ4n) is 0.410. The molecule has 0 rings (SSSR count). The van der Waals surface area contributed by atoms with E-state index in [2.05, 4.69) is 16.5 Å². The first-order chi connectivity index (χ1) is 5.83. The van der Waals surface area contributed by atoms with Gasteiger partial charge in [0.15, 0.2) is 0 Å². The maximum Gasteiger partial charge on any atom is 0.293 e. The van der Waals surface area contributed by atoms with Crippen LogP contribution in [-0.2, 0) is 23.9 Å². The number of rotatable bonds is 4. The minimum absolute atomic E-state index is 0.809. The zero-order valence-corrected chi connectivity index (χ0v) is 8.06. The average molecular weight is 222 g/mol. The molecule has 0 aromatic rings. The van der Waals surface area contributed by atoms with Crippen molar-refractivity contribution in [3.63, 3.8) is 0 Å². The second-order valence-corrected chi connectivity index (χ2v) is 5.23. The summed E-state index contributed by atoms with van der Waals surface area (Å²) in [6.45, 7) is 0. The maximum atomic E-state index is 10.7. The van der Waals surface area contributed by atoms with Crippen molar-refractivity contribution < 1.29 is 20.5 Å². The van der Waals surface area contributed by atoms with Gasteiger partial charge in [-0.3, -0.25) is 0 Å². The third-order valence-electron chi connectivity index (χ3n) is 0.728. The van der Waals surface area contributed by atoms with Gasteiger partial charge in [-0.1, -0.05) is 11.8 Å². The predicted molar refractivity (Wildman–Crippen MR) is 46.3 cm³/mol. The van der Waals surface area contributed by atoms with E-state index in [0.29, 0.717) is 0 Å². The molecule has 0 fully saturated rings. The van der Waals surface area contributed by atoms with Crippen molar-refractivity contribution in [2.75, 3.05) is 11.5 Å². The molecule has 0 saturated heterocycles. The van der Waals surface area contributed by atoms with Gasteiger partial charge in [0.25, 0.3) is 20.2 Å². The number of terminal acetylenes is 2. The van der Waals surface area contributed by atoms with Crippen LogP contribution >= 0.6 is 0 Å². The molecule has 5 nitrogen and oxygen atoms in total. The average Bonchev–Trinajstić information content (AvgIpc) is 1.82. The SMILES string of the molecule is C#CCS(=O)(=O)OS(=O)(=O)CC#C. The first-order valence-corrected chi connectivity index (χ1v) is 6.02. The second kappa shape index (κ2) is 4.28. The molecule has 0 atom stereocenters. The molecule has 0 N–H and O–H groups in total. The highest BCUT2D eigenvalue weighted by atomic mass is 32.3. The zero-order chi connectivity index (χ0) is 10.5. The smallest absolute Gasteiger partial charge is 0.197 e. The quantitative estimate of drug-likeness (QED) is 0.566. The van der Waals surface area contributed by atoms with Crippen LogP contribution in [0.5, 0.6) is 0 Å². The second-order valence-electron chi connectivity index (χ2n) is 1.88. The Morgan fingerprint density at radius 1 is 0.923 bits per heavy atom. The molecule has 0 heterocycles. The Bertz CT molecular complexity index is 398. The highest BCUT2D eigenvalue weighted by Crippen LogP contribution is 2.00. The topological polar surface area (TPSA) is 77.5 Å². The van der Waals surface area contributed by atoms with Crippen molar-refractivity contribution in [2.24, 2.45) is 0 Å². The number of hydrogen-bond acceptors (Lipinski definition) is 5. The van der Waals surface area contributed by atoms with Gasteiger partial charge in [-0.25, -0.2) is 0 Å². The van der Waals surface area contributed by atoms with Crippen LogP contribution in [0.4, 0.5) is 0 Å². The Kier molecular flexibility index (Phi) is 3.95. The number of hydrogen-bond donors (Lipinski definition) is 0. The molecule has 0 aliphatic rings. The summed E-state index contributed by atoms with van der Waals surface area (Å²) in [7, 11) is -8.46. The summed E-state index contributed by atoms with van der Waals surface area (Å²) in [4.78, 5) is 0. The highest BCUT2D eigenvalue weighted by molar-refractivity contribution is 8.00. The van der Waals surface area contributed by atoms with Crippen LogP contribution in [0, 0.1) is 24.7 Å². The molecular formula is C6H6O5S2. The van der Waals surface area contributed by atoms with E-state index in [1.54, 1.807) is 11.8 Å². The molecule has 72 valence electrons.